The Balaban J connectivity index is 1.69. The molecule has 1 aromatic heterocycles. The van der Waals surface area contributed by atoms with Crippen molar-refractivity contribution in [2.45, 2.75) is 5.16 Å². The molecule has 0 atom stereocenters. The molecular formula is C18H12N4O2S. The van der Waals surface area contributed by atoms with E-state index in [2.05, 4.69) is 15.3 Å². The highest BCUT2D eigenvalue weighted by molar-refractivity contribution is 8.02. The summed E-state index contributed by atoms with van der Waals surface area (Å²) in [6.07, 6.45) is 1.47. The molecule has 122 valence electrons. The molecule has 0 unspecified atom stereocenters. The third kappa shape index (κ3) is 2.85. The number of carbonyl (C=O) groups excluding carboxylic acids is 1. The Morgan fingerprint density at radius 1 is 1.00 bits per heavy atom. The minimum absolute atomic E-state index is 0.0552. The summed E-state index contributed by atoms with van der Waals surface area (Å²) in [4.78, 5) is 12.6. The van der Waals surface area contributed by atoms with Crippen molar-refractivity contribution in [3.8, 4) is 17.1 Å². The van der Waals surface area contributed by atoms with E-state index in [9.17, 15) is 9.90 Å². The molecule has 0 radical (unpaired) electrons. The minimum atomic E-state index is -0.297. The van der Waals surface area contributed by atoms with Gasteiger partial charge in [-0.1, -0.05) is 54.2 Å². The first kappa shape index (κ1) is 15.3. The van der Waals surface area contributed by atoms with Gasteiger partial charge in [0.25, 0.3) is 0 Å². The van der Waals surface area contributed by atoms with Gasteiger partial charge in [-0.2, -0.15) is 9.78 Å². The number of hydrogen-bond acceptors (Lipinski definition) is 6. The molecule has 4 rings (SSSR count). The van der Waals surface area contributed by atoms with Gasteiger partial charge in [0.2, 0.25) is 5.16 Å². The number of rotatable bonds is 3. The molecule has 6 nitrogen and oxygen atoms in total. The quantitative estimate of drug-likeness (QED) is 0.734. The lowest BCUT2D eigenvalue weighted by atomic mass is 10.0. The molecule has 0 fully saturated rings. The van der Waals surface area contributed by atoms with Gasteiger partial charge in [-0.05, 0) is 17.5 Å². The summed E-state index contributed by atoms with van der Waals surface area (Å²) < 4.78 is 1.60. The molecule has 1 aliphatic rings. The van der Waals surface area contributed by atoms with Crippen LogP contribution in [0.2, 0.25) is 0 Å². The second-order valence-corrected chi connectivity index (χ2v) is 6.10. The smallest absolute Gasteiger partial charge is 0.216 e. The first-order valence-electron chi connectivity index (χ1n) is 7.49. The number of thioether (sulfide) groups is 1. The summed E-state index contributed by atoms with van der Waals surface area (Å²) in [7, 11) is 0. The SMILES string of the molecule is O=C(C1=CSc2nnc(-c3ccccc3)n2N=C1)c1ccccc1O. The van der Waals surface area contributed by atoms with Crippen LogP contribution in [0.25, 0.3) is 11.4 Å². The molecular weight excluding hydrogens is 336 g/mol. The van der Waals surface area contributed by atoms with Crippen molar-refractivity contribution < 1.29 is 9.90 Å². The van der Waals surface area contributed by atoms with Crippen LogP contribution in [0.4, 0.5) is 0 Å². The maximum atomic E-state index is 12.6. The molecule has 0 amide bonds. The van der Waals surface area contributed by atoms with Crippen molar-refractivity contribution in [2.24, 2.45) is 5.10 Å². The Labute approximate surface area is 147 Å². The van der Waals surface area contributed by atoms with E-state index in [1.165, 1.54) is 24.0 Å². The van der Waals surface area contributed by atoms with Gasteiger partial charge in [0.1, 0.15) is 5.75 Å². The molecule has 7 heteroatoms. The lowest BCUT2D eigenvalue weighted by Crippen LogP contribution is -2.05. The molecule has 0 bridgehead atoms. The van der Waals surface area contributed by atoms with E-state index in [1.807, 2.05) is 30.3 Å². The zero-order valence-corrected chi connectivity index (χ0v) is 13.7. The number of fused-ring (bicyclic) bond motifs is 1. The third-order valence-corrected chi connectivity index (χ3v) is 4.50. The van der Waals surface area contributed by atoms with Crippen LogP contribution in [0, 0.1) is 0 Å². The van der Waals surface area contributed by atoms with E-state index < -0.39 is 0 Å². The Kier molecular flexibility index (Phi) is 3.91. The Hall–Kier alpha value is -3.19. The average Bonchev–Trinajstić information content (AvgIpc) is 2.94. The number of aromatic nitrogens is 3. The molecule has 0 aliphatic carbocycles. The number of para-hydroxylation sites is 1. The van der Waals surface area contributed by atoms with Crippen LogP contribution >= 0.6 is 11.8 Å². The molecule has 3 aromatic rings. The van der Waals surface area contributed by atoms with Gasteiger partial charge in [0.15, 0.2) is 11.6 Å². The molecule has 0 saturated heterocycles. The lowest BCUT2D eigenvalue weighted by Gasteiger charge is -2.03. The van der Waals surface area contributed by atoms with Crippen molar-refractivity contribution >= 4 is 23.8 Å². The number of benzene rings is 2. The van der Waals surface area contributed by atoms with Crippen LogP contribution in [-0.4, -0.2) is 32.0 Å². The van der Waals surface area contributed by atoms with E-state index in [4.69, 9.17) is 0 Å². The maximum Gasteiger partial charge on any atom is 0.216 e. The van der Waals surface area contributed by atoms with Gasteiger partial charge in [-0.3, -0.25) is 4.79 Å². The number of ketones is 1. The average molecular weight is 348 g/mol. The lowest BCUT2D eigenvalue weighted by molar-refractivity contribution is 0.103. The predicted octanol–water partition coefficient (Wildman–Crippen LogP) is 3.36. The van der Waals surface area contributed by atoms with Crippen LogP contribution in [0.15, 0.2) is 75.8 Å². The summed E-state index contributed by atoms with van der Waals surface area (Å²) in [5, 5.41) is 24.8. The highest BCUT2D eigenvalue weighted by atomic mass is 32.2. The van der Waals surface area contributed by atoms with Crippen LogP contribution in [-0.2, 0) is 0 Å². The first-order valence-corrected chi connectivity index (χ1v) is 8.37. The summed E-state index contributed by atoms with van der Waals surface area (Å²) >= 11 is 1.26. The summed E-state index contributed by atoms with van der Waals surface area (Å²) in [5.74, 6) is 0.249. The van der Waals surface area contributed by atoms with Gasteiger partial charge in [-0.15, -0.1) is 10.2 Å². The Bertz CT molecular complexity index is 1010. The van der Waals surface area contributed by atoms with E-state index in [0.717, 1.165) is 5.56 Å². The van der Waals surface area contributed by atoms with Crippen molar-refractivity contribution in [1.29, 1.82) is 0 Å². The van der Waals surface area contributed by atoms with Crippen LogP contribution in [0.1, 0.15) is 10.4 Å². The molecule has 0 saturated carbocycles. The number of hydrogen-bond donors (Lipinski definition) is 1. The molecule has 2 heterocycles. The van der Waals surface area contributed by atoms with Gasteiger partial charge in [0.05, 0.1) is 11.8 Å². The number of nitrogens with zero attached hydrogens (tertiary/aromatic N) is 4. The third-order valence-electron chi connectivity index (χ3n) is 3.66. The highest BCUT2D eigenvalue weighted by Gasteiger charge is 2.19. The second kappa shape index (κ2) is 6.37. The highest BCUT2D eigenvalue weighted by Crippen LogP contribution is 2.28. The fraction of sp³-hybridized carbons (Fsp3) is 0. The number of phenols is 1. The minimum Gasteiger partial charge on any atom is -0.507 e. The number of allylic oxidation sites excluding steroid dienone is 1. The standard InChI is InChI=1S/C18H12N4O2S/c23-15-9-5-4-8-14(15)16(24)13-10-19-22-17(12-6-2-1-3-7-12)20-21-18(22)25-11-13/h1-11,23H. The van der Waals surface area contributed by atoms with Gasteiger partial charge in [-0.25, -0.2) is 0 Å². The second-order valence-electron chi connectivity index (χ2n) is 5.27. The fourth-order valence-corrected chi connectivity index (χ4v) is 3.13. The van der Waals surface area contributed by atoms with Gasteiger partial charge < -0.3 is 5.11 Å². The first-order chi connectivity index (χ1) is 12.2. The topological polar surface area (TPSA) is 80.4 Å². The summed E-state index contributed by atoms with van der Waals surface area (Å²) in [5.41, 5.74) is 1.49. The monoisotopic (exact) mass is 348 g/mol. The maximum absolute atomic E-state index is 12.6. The van der Waals surface area contributed by atoms with Crippen molar-refractivity contribution in [1.82, 2.24) is 14.9 Å². The zero-order chi connectivity index (χ0) is 17.2. The molecule has 1 aliphatic heterocycles. The van der Waals surface area contributed by atoms with Crippen molar-refractivity contribution in [2.75, 3.05) is 0 Å². The van der Waals surface area contributed by atoms with E-state index >= 15 is 0 Å². The Morgan fingerprint density at radius 2 is 1.76 bits per heavy atom. The van der Waals surface area contributed by atoms with E-state index in [0.29, 0.717) is 16.6 Å². The van der Waals surface area contributed by atoms with Gasteiger partial charge in [0, 0.05) is 11.1 Å². The van der Waals surface area contributed by atoms with Gasteiger partial charge >= 0.3 is 0 Å². The van der Waals surface area contributed by atoms with E-state index in [1.54, 1.807) is 28.3 Å². The number of phenolic OH excluding ortho intramolecular Hbond substituents is 1. The zero-order valence-electron chi connectivity index (χ0n) is 12.9. The largest absolute Gasteiger partial charge is 0.507 e. The number of Topliss-reactive ketones (excluding diaryl/α,β-unsaturated/α-hetero) is 1. The number of carbonyl (C=O) groups is 1. The van der Waals surface area contributed by atoms with Crippen LogP contribution in [0.5, 0.6) is 5.75 Å². The summed E-state index contributed by atoms with van der Waals surface area (Å²) in [6, 6.07) is 16.0. The molecule has 25 heavy (non-hydrogen) atoms. The number of aromatic hydroxyl groups is 1. The Morgan fingerprint density at radius 3 is 2.56 bits per heavy atom. The van der Waals surface area contributed by atoms with E-state index in [-0.39, 0.29) is 17.1 Å². The molecule has 1 N–H and O–H groups in total. The van der Waals surface area contributed by atoms with Crippen molar-refractivity contribution in [3.05, 3.63) is 71.1 Å². The fourth-order valence-electron chi connectivity index (χ4n) is 2.41. The molecule has 0 spiro atoms. The summed E-state index contributed by atoms with van der Waals surface area (Å²) in [6.45, 7) is 0. The normalized spacial score (nSPS) is 13.0. The van der Waals surface area contributed by atoms with Crippen LogP contribution < -0.4 is 0 Å². The predicted molar refractivity (Wildman–Crippen MR) is 95.7 cm³/mol. The molecule has 2 aromatic carbocycles. The van der Waals surface area contributed by atoms with Crippen molar-refractivity contribution in [3.63, 3.8) is 0 Å². The van der Waals surface area contributed by atoms with Crippen LogP contribution in [0.3, 0.4) is 0 Å².